The van der Waals surface area contributed by atoms with Crippen molar-refractivity contribution in [2.24, 2.45) is 13.0 Å². The molecule has 96 valence electrons. The molecule has 1 aromatic heterocycles. The molecule has 17 heavy (non-hydrogen) atoms. The van der Waals surface area contributed by atoms with Gasteiger partial charge in [0.05, 0.1) is 15.9 Å². The van der Waals surface area contributed by atoms with E-state index in [0.717, 1.165) is 36.2 Å². The lowest BCUT2D eigenvalue weighted by atomic mass is 9.99. The Hall–Kier alpha value is -0.390. The van der Waals surface area contributed by atoms with Gasteiger partial charge in [0.2, 0.25) is 0 Å². The molecule has 0 amide bonds. The number of aromatic nitrogens is 2. The Morgan fingerprint density at radius 2 is 2.29 bits per heavy atom. The molecule has 5 heteroatoms. The van der Waals surface area contributed by atoms with E-state index >= 15 is 0 Å². The van der Waals surface area contributed by atoms with Crippen LogP contribution in [0.5, 0.6) is 0 Å². The molecule has 1 fully saturated rings. The molecule has 0 spiro atoms. The van der Waals surface area contributed by atoms with E-state index in [1.807, 2.05) is 18.7 Å². The van der Waals surface area contributed by atoms with Gasteiger partial charge in [0.1, 0.15) is 0 Å². The predicted molar refractivity (Wildman–Crippen MR) is 70.7 cm³/mol. The third-order valence-electron chi connectivity index (χ3n) is 3.50. The van der Waals surface area contributed by atoms with Crippen molar-refractivity contribution in [1.82, 2.24) is 14.7 Å². The summed E-state index contributed by atoms with van der Waals surface area (Å²) in [6.45, 7) is 5.34. The maximum absolute atomic E-state index is 9.23. The molecule has 1 atom stereocenters. The molecule has 0 aromatic carbocycles. The first kappa shape index (κ1) is 13.1. The number of rotatable bonds is 3. The SMILES string of the molecule is Cc1nn(C)c(CN2CCCC(CO)C2)c1Br. The average molecular weight is 302 g/mol. The second-order valence-electron chi connectivity index (χ2n) is 4.90. The lowest BCUT2D eigenvalue weighted by Crippen LogP contribution is -2.36. The molecule has 0 aliphatic carbocycles. The van der Waals surface area contributed by atoms with Gasteiger partial charge in [-0.05, 0) is 48.2 Å². The highest BCUT2D eigenvalue weighted by Gasteiger charge is 2.21. The summed E-state index contributed by atoms with van der Waals surface area (Å²) < 4.78 is 3.06. The quantitative estimate of drug-likeness (QED) is 0.924. The van der Waals surface area contributed by atoms with Crippen molar-refractivity contribution >= 4 is 15.9 Å². The van der Waals surface area contributed by atoms with Crippen LogP contribution < -0.4 is 0 Å². The molecular formula is C12H20BrN3O. The van der Waals surface area contributed by atoms with Crippen molar-refractivity contribution in [2.75, 3.05) is 19.7 Å². The zero-order chi connectivity index (χ0) is 12.4. The summed E-state index contributed by atoms with van der Waals surface area (Å²) in [6, 6.07) is 0. The Balaban J connectivity index is 2.05. The van der Waals surface area contributed by atoms with Crippen LogP contribution in [0.15, 0.2) is 4.47 Å². The normalized spacial score (nSPS) is 22.0. The average Bonchev–Trinajstić information content (AvgIpc) is 2.56. The van der Waals surface area contributed by atoms with Crippen LogP contribution in [-0.4, -0.2) is 39.5 Å². The fraction of sp³-hybridized carbons (Fsp3) is 0.750. The molecule has 1 aliphatic rings. The van der Waals surface area contributed by atoms with E-state index in [0.29, 0.717) is 12.5 Å². The number of aliphatic hydroxyl groups is 1. The molecule has 0 saturated carbocycles. The summed E-state index contributed by atoms with van der Waals surface area (Å²) in [6.07, 6.45) is 2.33. The molecule has 1 N–H and O–H groups in total. The van der Waals surface area contributed by atoms with Gasteiger partial charge in [-0.1, -0.05) is 0 Å². The number of aryl methyl sites for hydroxylation is 2. The van der Waals surface area contributed by atoms with Gasteiger partial charge in [-0.3, -0.25) is 9.58 Å². The number of piperidine rings is 1. The topological polar surface area (TPSA) is 41.3 Å². The van der Waals surface area contributed by atoms with Gasteiger partial charge in [-0.2, -0.15) is 5.10 Å². The number of nitrogens with zero attached hydrogens (tertiary/aromatic N) is 3. The monoisotopic (exact) mass is 301 g/mol. The molecule has 4 nitrogen and oxygen atoms in total. The van der Waals surface area contributed by atoms with Crippen molar-refractivity contribution in [3.63, 3.8) is 0 Å². The van der Waals surface area contributed by atoms with Crippen molar-refractivity contribution in [3.05, 3.63) is 15.9 Å². The first-order chi connectivity index (χ1) is 8.11. The minimum Gasteiger partial charge on any atom is -0.396 e. The van der Waals surface area contributed by atoms with E-state index in [2.05, 4.69) is 25.9 Å². The second-order valence-corrected chi connectivity index (χ2v) is 5.69. The lowest BCUT2D eigenvalue weighted by Gasteiger charge is -2.31. The fourth-order valence-corrected chi connectivity index (χ4v) is 2.97. The van der Waals surface area contributed by atoms with Crippen LogP contribution in [0.4, 0.5) is 0 Å². The third kappa shape index (κ3) is 2.89. The summed E-state index contributed by atoms with van der Waals surface area (Å²) in [4.78, 5) is 2.41. The zero-order valence-corrected chi connectivity index (χ0v) is 12.1. The number of likely N-dealkylation sites (tertiary alicyclic amines) is 1. The molecular weight excluding hydrogens is 282 g/mol. The molecule has 1 aromatic rings. The minimum atomic E-state index is 0.308. The van der Waals surface area contributed by atoms with Gasteiger partial charge in [-0.15, -0.1) is 0 Å². The van der Waals surface area contributed by atoms with Gasteiger partial charge in [0.15, 0.2) is 0 Å². The Morgan fingerprint density at radius 1 is 1.53 bits per heavy atom. The second kappa shape index (κ2) is 5.50. The van der Waals surface area contributed by atoms with Gasteiger partial charge in [0.25, 0.3) is 0 Å². The number of halogens is 1. The number of hydrogen-bond donors (Lipinski definition) is 1. The van der Waals surface area contributed by atoms with E-state index < -0.39 is 0 Å². The van der Waals surface area contributed by atoms with Crippen LogP contribution in [0.3, 0.4) is 0 Å². The van der Waals surface area contributed by atoms with Crippen LogP contribution in [0, 0.1) is 12.8 Å². The van der Waals surface area contributed by atoms with Gasteiger partial charge < -0.3 is 5.11 Å². The molecule has 0 radical (unpaired) electrons. The number of hydrogen-bond acceptors (Lipinski definition) is 3. The maximum Gasteiger partial charge on any atom is 0.0739 e. The molecule has 1 unspecified atom stereocenters. The Labute approximate surface area is 111 Å². The Morgan fingerprint density at radius 3 is 2.88 bits per heavy atom. The van der Waals surface area contributed by atoms with Crippen LogP contribution in [0.1, 0.15) is 24.2 Å². The number of aliphatic hydroxyl groups excluding tert-OH is 1. The molecule has 1 aliphatic heterocycles. The van der Waals surface area contributed by atoms with E-state index in [-0.39, 0.29) is 0 Å². The molecule has 1 saturated heterocycles. The van der Waals surface area contributed by atoms with E-state index in [1.165, 1.54) is 12.1 Å². The predicted octanol–water partition coefficient (Wildman–Crippen LogP) is 1.70. The Kier molecular flexibility index (Phi) is 4.22. The molecule has 0 bridgehead atoms. The summed E-state index contributed by atoms with van der Waals surface area (Å²) >= 11 is 3.60. The highest BCUT2D eigenvalue weighted by Crippen LogP contribution is 2.24. The van der Waals surface area contributed by atoms with E-state index in [1.54, 1.807) is 0 Å². The van der Waals surface area contributed by atoms with Crippen molar-refractivity contribution < 1.29 is 5.11 Å². The summed E-state index contributed by atoms with van der Waals surface area (Å²) in [5, 5.41) is 13.6. The highest BCUT2D eigenvalue weighted by atomic mass is 79.9. The maximum atomic E-state index is 9.23. The third-order valence-corrected chi connectivity index (χ3v) is 4.53. The van der Waals surface area contributed by atoms with E-state index in [4.69, 9.17) is 0 Å². The van der Waals surface area contributed by atoms with Crippen molar-refractivity contribution in [1.29, 1.82) is 0 Å². The van der Waals surface area contributed by atoms with Gasteiger partial charge in [0, 0.05) is 26.7 Å². The van der Waals surface area contributed by atoms with Gasteiger partial charge in [-0.25, -0.2) is 0 Å². The first-order valence-electron chi connectivity index (χ1n) is 6.13. The van der Waals surface area contributed by atoms with Crippen LogP contribution in [0.25, 0.3) is 0 Å². The Bertz CT molecular complexity index is 391. The molecule has 2 heterocycles. The largest absolute Gasteiger partial charge is 0.396 e. The van der Waals surface area contributed by atoms with E-state index in [9.17, 15) is 5.11 Å². The van der Waals surface area contributed by atoms with Crippen LogP contribution in [-0.2, 0) is 13.6 Å². The minimum absolute atomic E-state index is 0.308. The fourth-order valence-electron chi connectivity index (χ4n) is 2.51. The summed E-state index contributed by atoms with van der Waals surface area (Å²) in [7, 11) is 1.99. The van der Waals surface area contributed by atoms with Crippen molar-refractivity contribution in [2.45, 2.75) is 26.3 Å². The molecule has 2 rings (SSSR count). The smallest absolute Gasteiger partial charge is 0.0739 e. The van der Waals surface area contributed by atoms with Crippen LogP contribution in [0.2, 0.25) is 0 Å². The van der Waals surface area contributed by atoms with Crippen LogP contribution >= 0.6 is 15.9 Å². The first-order valence-corrected chi connectivity index (χ1v) is 6.92. The lowest BCUT2D eigenvalue weighted by molar-refractivity contribution is 0.114. The van der Waals surface area contributed by atoms with Crippen molar-refractivity contribution in [3.8, 4) is 0 Å². The zero-order valence-electron chi connectivity index (χ0n) is 10.5. The highest BCUT2D eigenvalue weighted by molar-refractivity contribution is 9.10. The summed E-state index contributed by atoms with van der Waals surface area (Å²) in [5.74, 6) is 0.442. The van der Waals surface area contributed by atoms with Gasteiger partial charge >= 0.3 is 0 Å². The standard InChI is InChI=1S/C12H20BrN3O/c1-9-12(13)11(15(2)14-9)7-16-5-3-4-10(6-16)8-17/h10,17H,3-8H2,1-2H3. The summed E-state index contributed by atoms with van der Waals surface area (Å²) in [5.41, 5.74) is 2.26.